The Kier molecular flexibility index (Phi) is 5.49. The molecule has 27 heavy (non-hydrogen) atoms. The molecule has 3 aromatic rings. The van der Waals surface area contributed by atoms with Crippen LogP contribution in [0, 0.1) is 0 Å². The second kappa shape index (κ2) is 8.35. The van der Waals surface area contributed by atoms with Crippen LogP contribution in [0.4, 0.5) is 17.5 Å². The van der Waals surface area contributed by atoms with E-state index in [1.165, 1.54) is 32.1 Å². The summed E-state index contributed by atoms with van der Waals surface area (Å²) in [6.07, 6.45) is 9.72. The number of aromatic nitrogens is 3. The molecule has 0 amide bonds. The van der Waals surface area contributed by atoms with Gasteiger partial charge in [-0.3, -0.25) is 4.98 Å². The van der Waals surface area contributed by atoms with Crippen LogP contribution < -0.4 is 10.6 Å². The highest BCUT2D eigenvalue weighted by atomic mass is 35.5. The molecule has 0 atom stereocenters. The molecule has 2 N–H and O–H groups in total. The predicted octanol–water partition coefficient (Wildman–Crippen LogP) is 5.68. The quantitative estimate of drug-likeness (QED) is 0.597. The van der Waals surface area contributed by atoms with Crippen LogP contribution in [0.25, 0.3) is 11.3 Å². The fourth-order valence-corrected chi connectivity index (χ4v) is 3.58. The summed E-state index contributed by atoms with van der Waals surface area (Å²) in [5, 5.41) is 7.55. The zero-order chi connectivity index (χ0) is 18.5. The standard InChI is InChI=1S/C21H22ClN5/c22-16-5-4-8-18(13-16)24-20-14-19(15-9-11-23-12-10-15)26-21(27-20)25-17-6-2-1-3-7-17/h4-5,8-14,17H,1-3,6-7H2,(H2,24,25,26,27). The molecule has 0 radical (unpaired) electrons. The van der Waals surface area contributed by atoms with Crippen molar-refractivity contribution in [2.75, 3.05) is 10.6 Å². The number of benzene rings is 1. The maximum Gasteiger partial charge on any atom is 0.225 e. The van der Waals surface area contributed by atoms with Crippen molar-refractivity contribution < 1.29 is 0 Å². The van der Waals surface area contributed by atoms with Gasteiger partial charge in [-0.05, 0) is 43.2 Å². The van der Waals surface area contributed by atoms with E-state index < -0.39 is 0 Å². The van der Waals surface area contributed by atoms with Crippen molar-refractivity contribution in [3.63, 3.8) is 0 Å². The van der Waals surface area contributed by atoms with Crippen molar-refractivity contribution >= 4 is 29.1 Å². The number of anilines is 3. The second-order valence-electron chi connectivity index (χ2n) is 6.81. The Morgan fingerprint density at radius 2 is 1.74 bits per heavy atom. The van der Waals surface area contributed by atoms with Gasteiger partial charge in [-0.25, -0.2) is 4.98 Å². The minimum absolute atomic E-state index is 0.436. The predicted molar refractivity (Wildman–Crippen MR) is 110 cm³/mol. The average molecular weight is 380 g/mol. The molecule has 0 unspecified atom stereocenters. The van der Waals surface area contributed by atoms with E-state index in [1.54, 1.807) is 12.4 Å². The number of halogens is 1. The average Bonchev–Trinajstić information content (AvgIpc) is 2.69. The van der Waals surface area contributed by atoms with Crippen LogP contribution >= 0.6 is 11.6 Å². The lowest BCUT2D eigenvalue weighted by molar-refractivity contribution is 0.461. The highest BCUT2D eigenvalue weighted by Crippen LogP contribution is 2.26. The van der Waals surface area contributed by atoms with Crippen molar-refractivity contribution in [3.05, 3.63) is 59.9 Å². The first-order valence-corrected chi connectivity index (χ1v) is 9.73. The maximum absolute atomic E-state index is 6.11. The van der Waals surface area contributed by atoms with E-state index in [4.69, 9.17) is 16.6 Å². The van der Waals surface area contributed by atoms with Crippen molar-refractivity contribution in [2.24, 2.45) is 0 Å². The van der Waals surface area contributed by atoms with Crippen LogP contribution in [0.15, 0.2) is 54.9 Å². The van der Waals surface area contributed by atoms with Gasteiger partial charge in [-0.2, -0.15) is 4.98 Å². The van der Waals surface area contributed by atoms with Crippen LogP contribution in [-0.4, -0.2) is 21.0 Å². The zero-order valence-corrected chi connectivity index (χ0v) is 15.8. The van der Waals surface area contributed by atoms with Crippen molar-refractivity contribution in [2.45, 2.75) is 38.1 Å². The highest BCUT2D eigenvalue weighted by molar-refractivity contribution is 6.30. The molecule has 1 saturated carbocycles. The lowest BCUT2D eigenvalue weighted by atomic mass is 9.96. The molecule has 2 aromatic heterocycles. The van der Waals surface area contributed by atoms with Crippen LogP contribution in [0.1, 0.15) is 32.1 Å². The molecular formula is C21H22ClN5. The molecular weight excluding hydrogens is 358 g/mol. The number of pyridine rings is 1. The summed E-state index contributed by atoms with van der Waals surface area (Å²) in [7, 11) is 0. The van der Waals surface area contributed by atoms with Gasteiger partial charge in [-0.1, -0.05) is 36.9 Å². The Bertz CT molecular complexity index is 894. The van der Waals surface area contributed by atoms with Crippen LogP contribution in [0.2, 0.25) is 5.02 Å². The molecule has 0 saturated heterocycles. The van der Waals surface area contributed by atoms with Gasteiger partial charge in [0.05, 0.1) is 5.69 Å². The van der Waals surface area contributed by atoms with Crippen LogP contribution in [0.3, 0.4) is 0 Å². The monoisotopic (exact) mass is 379 g/mol. The van der Waals surface area contributed by atoms with E-state index in [0.717, 1.165) is 22.8 Å². The minimum atomic E-state index is 0.436. The van der Waals surface area contributed by atoms with Gasteiger partial charge >= 0.3 is 0 Å². The molecule has 0 spiro atoms. The lowest BCUT2D eigenvalue weighted by Crippen LogP contribution is -2.23. The molecule has 0 bridgehead atoms. The summed E-state index contributed by atoms with van der Waals surface area (Å²) in [6, 6.07) is 13.9. The van der Waals surface area contributed by atoms with Crippen molar-refractivity contribution in [3.8, 4) is 11.3 Å². The van der Waals surface area contributed by atoms with Crippen molar-refractivity contribution in [1.82, 2.24) is 15.0 Å². The minimum Gasteiger partial charge on any atom is -0.351 e. The summed E-state index contributed by atoms with van der Waals surface area (Å²) >= 11 is 6.11. The molecule has 1 aromatic carbocycles. The topological polar surface area (TPSA) is 62.7 Å². The Morgan fingerprint density at radius 1 is 0.926 bits per heavy atom. The van der Waals surface area contributed by atoms with E-state index in [-0.39, 0.29) is 0 Å². The Hall–Kier alpha value is -2.66. The van der Waals surface area contributed by atoms with E-state index in [2.05, 4.69) is 20.6 Å². The van der Waals surface area contributed by atoms with Crippen molar-refractivity contribution in [1.29, 1.82) is 0 Å². The smallest absolute Gasteiger partial charge is 0.225 e. The summed E-state index contributed by atoms with van der Waals surface area (Å²) in [6.45, 7) is 0. The molecule has 2 heterocycles. The van der Waals surface area contributed by atoms with Gasteiger partial charge in [0.25, 0.3) is 0 Å². The fourth-order valence-electron chi connectivity index (χ4n) is 3.39. The SMILES string of the molecule is Clc1cccc(Nc2cc(-c3ccncc3)nc(NC3CCCCC3)n2)c1. The molecule has 4 rings (SSSR count). The third-order valence-electron chi connectivity index (χ3n) is 4.74. The summed E-state index contributed by atoms with van der Waals surface area (Å²) in [4.78, 5) is 13.5. The molecule has 6 heteroatoms. The van der Waals surface area contributed by atoms with Crippen LogP contribution in [-0.2, 0) is 0 Å². The van der Waals surface area contributed by atoms with Gasteiger partial charge in [0.2, 0.25) is 5.95 Å². The third kappa shape index (κ3) is 4.74. The number of hydrogen-bond acceptors (Lipinski definition) is 5. The Balaban J connectivity index is 1.65. The molecule has 1 fully saturated rings. The second-order valence-corrected chi connectivity index (χ2v) is 7.25. The molecule has 0 aliphatic heterocycles. The van der Waals surface area contributed by atoms with E-state index >= 15 is 0 Å². The fraction of sp³-hybridized carbons (Fsp3) is 0.286. The summed E-state index contributed by atoms with van der Waals surface area (Å²) in [5.74, 6) is 1.39. The molecule has 1 aliphatic rings. The first kappa shape index (κ1) is 17.7. The largest absolute Gasteiger partial charge is 0.351 e. The van der Waals surface area contributed by atoms with Gasteiger partial charge in [0.1, 0.15) is 5.82 Å². The van der Waals surface area contributed by atoms with Gasteiger partial charge in [-0.15, -0.1) is 0 Å². The number of nitrogens with zero attached hydrogens (tertiary/aromatic N) is 3. The number of rotatable bonds is 5. The summed E-state index contributed by atoms with van der Waals surface area (Å²) < 4.78 is 0. The highest BCUT2D eigenvalue weighted by Gasteiger charge is 2.15. The Labute approximate surface area is 164 Å². The molecule has 5 nitrogen and oxygen atoms in total. The van der Waals surface area contributed by atoms with Gasteiger partial charge < -0.3 is 10.6 Å². The first-order chi connectivity index (χ1) is 13.3. The molecule has 138 valence electrons. The molecule has 1 aliphatic carbocycles. The van der Waals surface area contributed by atoms with Crippen LogP contribution in [0.5, 0.6) is 0 Å². The normalized spacial score (nSPS) is 14.7. The van der Waals surface area contributed by atoms with E-state index in [0.29, 0.717) is 17.0 Å². The first-order valence-electron chi connectivity index (χ1n) is 9.35. The van der Waals surface area contributed by atoms with Gasteiger partial charge in [0.15, 0.2) is 0 Å². The zero-order valence-electron chi connectivity index (χ0n) is 15.0. The Morgan fingerprint density at radius 3 is 2.52 bits per heavy atom. The third-order valence-corrected chi connectivity index (χ3v) is 4.97. The summed E-state index contributed by atoms with van der Waals surface area (Å²) in [5.41, 5.74) is 2.76. The lowest BCUT2D eigenvalue weighted by Gasteiger charge is -2.23. The van der Waals surface area contributed by atoms with Gasteiger partial charge in [0, 0.05) is 40.8 Å². The maximum atomic E-state index is 6.11. The number of nitrogens with one attached hydrogen (secondary N) is 2. The van der Waals surface area contributed by atoms with E-state index in [9.17, 15) is 0 Å². The van der Waals surface area contributed by atoms with E-state index in [1.807, 2.05) is 42.5 Å². The number of hydrogen-bond donors (Lipinski definition) is 2.